The van der Waals surface area contributed by atoms with Crippen LogP contribution in [0, 0.1) is 0 Å². The summed E-state index contributed by atoms with van der Waals surface area (Å²) < 4.78 is 28.5. The lowest BCUT2D eigenvalue weighted by Crippen LogP contribution is -2.21. The van der Waals surface area contributed by atoms with Gasteiger partial charge in [0.15, 0.2) is 0 Å². The maximum atomic E-state index is 12.4. The maximum Gasteiger partial charge on any atom is 0.243 e. The standard InChI is InChI=1S/C14H23BrNO2PS/c1-3-5-11-19(12-6-4-2)16-20(17,18)14-9-7-13(15)8-10-14/h7-10,16H,3-6,11-12H2,1-2H3. The molecule has 0 saturated heterocycles. The monoisotopic (exact) mass is 379 g/mol. The van der Waals surface area contributed by atoms with Gasteiger partial charge in [0.25, 0.3) is 0 Å². The SMILES string of the molecule is CCCCP(CCCC)NS(=O)(=O)c1ccc(Br)cc1. The van der Waals surface area contributed by atoms with Gasteiger partial charge in [0.05, 0.1) is 4.90 Å². The first-order chi connectivity index (χ1) is 9.49. The molecule has 1 aromatic rings. The summed E-state index contributed by atoms with van der Waals surface area (Å²) in [6.07, 6.45) is 6.32. The lowest BCUT2D eigenvalue weighted by atomic mass is 10.4. The Labute approximate surface area is 132 Å². The average molecular weight is 380 g/mol. The largest absolute Gasteiger partial charge is 0.243 e. The molecule has 0 bridgehead atoms. The van der Waals surface area contributed by atoms with Crippen molar-refractivity contribution in [2.24, 2.45) is 0 Å². The molecular formula is C14H23BrNO2PS. The van der Waals surface area contributed by atoms with Crippen molar-refractivity contribution < 1.29 is 8.42 Å². The van der Waals surface area contributed by atoms with E-state index < -0.39 is 18.1 Å². The van der Waals surface area contributed by atoms with Gasteiger partial charge in [-0.2, -0.15) is 4.49 Å². The van der Waals surface area contributed by atoms with E-state index in [4.69, 9.17) is 0 Å². The van der Waals surface area contributed by atoms with Crippen LogP contribution in [0.1, 0.15) is 39.5 Å². The molecule has 0 aromatic heterocycles. The Morgan fingerprint density at radius 3 is 2.00 bits per heavy atom. The minimum Gasteiger partial charge on any atom is -0.207 e. The van der Waals surface area contributed by atoms with E-state index in [9.17, 15) is 8.42 Å². The fraction of sp³-hybridized carbons (Fsp3) is 0.571. The first kappa shape index (κ1) is 18.1. The van der Waals surface area contributed by atoms with Crippen LogP contribution in [-0.2, 0) is 10.0 Å². The van der Waals surface area contributed by atoms with Crippen LogP contribution in [0.3, 0.4) is 0 Å². The molecule has 0 aliphatic rings. The molecule has 1 rings (SSSR count). The molecule has 0 spiro atoms. The molecule has 0 atom stereocenters. The van der Waals surface area contributed by atoms with Gasteiger partial charge in [-0.05, 0) is 57.5 Å². The average Bonchev–Trinajstić information content (AvgIpc) is 2.42. The van der Waals surface area contributed by atoms with Crippen LogP contribution in [0.25, 0.3) is 0 Å². The second-order valence-electron chi connectivity index (χ2n) is 4.74. The van der Waals surface area contributed by atoms with Gasteiger partial charge in [0, 0.05) is 4.47 Å². The predicted octanol–water partition coefficient (Wildman–Crippen LogP) is 4.72. The fourth-order valence-electron chi connectivity index (χ4n) is 1.74. The predicted molar refractivity (Wildman–Crippen MR) is 90.9 cm³/mol. The van der Waals surface area contributed by atoms with Crippen LogP contribution in [0.4, 0.5) is 0 Å². The van der Waals surface area contributed by atoms with Gasteiger partial charge in [-0.15, -0.1) is 0 Å². The Balaban J connectivity index is 2.76. The second-order valence-corrected chi connectivity index (χ2v) is 9.84. The molecule has 0 aliphatic heterocycles. The topological polar surface area (TPSA) is 46.2 Å². The maximum absolute atomic E-state index is 12.4. The van der Waals surface area contributed by atoms with E-state index in [-0.39, 0.29) is 0 Å². The Hall–Kier alpha value is 0.0400. The van der Waals surface area contributed by atoms with Crippen molar-refractivity contribution in [2.75, 3.05) is 12.3 Å². The molecule has 0 amide bonds. The molecule has 1 N–H and O–H groups in total. The highest BCUT2D eigenvalue weighted by molar-refractivity contribution is 9.10. The zero-order valence-corrected chi connectivity index (χ0v) is 15.4. The summed E-state index contributed by atoms with van der Waals surface area (Å²) in [4.78, 5) is 0.348. The number of nitrogens with one attached hydrogen (secondary N) is 1. The molecular weight excluding hydrogens is 357 g/mol. The summed E-state index contributed by atoms with van der Waals surface area (Å²) >= 11 is 3.32. The fourth-order valence-corrected chi connectivity index (χ4v) is 6.63. The third kappa shape index (κ3) is 6.21. The van der Waals surface area contributed by atoms with E-state index in [1.54, 1.807) is 24.3 Å². The number of sulfonamides is 1. The molecule has 0 radical (unpaired) electrons. The third-order valence-corrected chi connectivity index (χ3v) is 8.06. The summed E-state index contributed by atoms with van der Waals surface area (Å²) in [6, 6.07) is 6.79. The molecule has 0 aliphatic carbocycles. The minimum absolute atomic E-state index is 0.348. The van der Waals surface area contributed by atoms with Gasteiger partial charge in [0.1, 0.15) is 0 Å². The normalized spacial score (nSPS) is 12.0. The van der Waals surface area contributed by atoms with Crippen LogP contribution in [0.2, 0.25) is 0 Å². The van der Waals surface area contributed by atoms with E-state index in [0.29, 0.717) is 4.90 Å². The smallest absolute Gasteiger partial charge is 0.207 e. The summed E-state index contributed by atoms with van der Waals surface area (Å²) in [6.45, 7) is 4.27. The van der Waals surface area contributed by atoms with Crippen molar-refractivity contribution in [3.8, 4) is 0 Å². The van der Waals surface area contributed by atoms with Crippen molar-refractivity contribution >= 4 is 34.0 Å². The van der Waals surface area contributed by atoms with Crippen LogP contribution in [0.15, 0.2) is 33.6 Å². The molecule has 0 heterocycles. The van der Waals surface area contributed by atoms with E-state index in [2.05, 4.69) is 34.3 Å². The Morgan fingerprint density at radius 2 is 1.55 bits per heavy atom. The van der Waals surface area contributed by atoms with Crippen molar-refractivity contribution in [1.82, 2.24) is 4.49 Å². The summed E-state index contributed by atoms with van der Waals surface area (Å²) in [5.41, 5.74) is 0. The first-order valence-electron chi connectivity index (χ1n) is 7.02. The molecule has 6 heteroatoms. The van der Waals surface area contributed by atoms with Crippen LogP contribution < -0.4 is 4.49 Å². The van der Waals surface area contributed by atoms with Crippen molar-refractivity contribution in [1.29, 1.82) is 0 Å². The van der Waals surface area contributed by atoms with E-state index in [1.807, 2.05) is 0 Å². The molecule has 0 unspecified atom stereocenters. The van der Waals surface area contributed by atoms with Gasteiger partial charge >= 0.3 is 0 Å². The Bertz CT molecular complexity index is 482. The number of hydrogen-bond acceptors (Lipinski definition) is 2. The lowest BCUT2D eigenvalue weighted by Gasteiger charge is -2.18. The molecule has 20 heavy (non-hydrogen) atoms. The summed E-state index contributed by atoms with van der Waals surface area (Å²) in [5.74, 6) is 0. The van der Waals surface area contributed by atoms with Gasteiger partial charge in [-0.1, -0.05) is 42.6 Å². The van der Waals surface area contributed by atoms with E-state index >= 15 is 0 Å². The highest BCUT2D eigenvalue weighted by atomic mass is 79.9. The van der Waals surface area contributed by atoms with Gasteiger partial charge in [-0.3, -0.25) is 0 Å². The molecule has 3 nitrogen and oxygen atoms in total. The highest BCUT2D eigenvalue weighted by Crippen LogP contribution is 2.35. The van der Waals surface area contributed by atoms with E-state index in [1.165, 1.54) is 0 Å². The highest BCUT2D eigenvalue weighted by Gasteiger charge is 2.19. The second kappa shape index (κ2) is 9.14. The quantitative estimate of drug-likeness (QED) is 0.630. The number of unbranched alkanes of at least 4 members (excludes halogenated alkanes) is 2. The van der Waals surface area contributed by atoms with Gasteiger partial charge in [0.2, 0.25) is 10.0 Å². The van der Waals surface area contributed by atoms with Crippen molar-refractivity contribution in [2.45, 2.75) is 44.4 Å². The number of hydrogen-bond donors (Lipinski definition) is 1. The summed E-state index contributed by atoms with van der Waals surface area (Å²) in [5, 5.41) is 0. The summed E-state index contributed by atoms with van der Waals surface area (Å²) in [7, 11) is -4.02. The van der Waals surface area contributed by atoms with E-state index in [0.717, 1.165) is 42.5 Å². The van der Waals surface area contributed by atoms with Crippen molar-refractivity contribution in [3.05, 3.63) is 28.7 Å². The zero-order chi connectivity index (χ0) is 15.0. The van der Waals surface area contributed by atoms with Gasteiger partial charge < -0.3 is 0 Å². The molecule has 0 saturated carbocycles. The van der Waals surface area contributed by atoms with Crippen LogP contribution >= 0.6 is 24.0 Å². The van der Waals surface area contributed by atoms with Crippen LogP contribution in [-0.4, -0.2) is 20.7 Å². The molecule has 1 aromatic carbocycles. The zero-order valence-electron chi connectivity index (χ0n) is 12.1. The van der Waals surface area contributed by atoms with Gasteiger partial charge in [-0.25, -0.2) is 8.42 Å². The van der Waals surface area contributed by atoms with Crippen molar-refractivity contribution in [3.63, 3.8) is 0 Å². The Morgan fingerprint density at radius 1 is 1.05 bits per heavy atom. The number of halogens is 1. The minimum atomic E-state index is -3.38. The number of rotatable bonds is 9. The first-order valence-corrected chi connectivity index (χ1v) is 11.0. The third-order valence-electron chi connectivity index (χ3n) is 2.94. The molecule has 0 fully saturated rings. The molecule has 114 valence electrons. The van der Waals surface area contributed by atoms with Crippen LogP contribution in [0.5, 0.6) is 0 Å². The Kier molecular flexibility index (Phi) is 8.27. The number of benzene rings is 1. The lowest BCUT2D eigenvalue weighted by molar-refractivity contribution is 0.594.